The number of aromatic nitrogens is 2. The van der Waals surface area contributed by atoms with Gasteiger partial charge in [-0.1, -0.05) is 11.6 Å². The molecule has 1 heterocycles. The van der Waals surface area contributed by atoms with Crippen LogP contribution < -0.4 is 5.32 Å². The van der Waals surface area contributed by atoms with Crippen LogP contribution in [0, 0.1) is 6.92 Å². The van der Waals surface area contributed by atoms with E-state index in [1.807, 2.05) is 11.6 Å². The van der Waals surface area contributed by atoms with Gasteiger partial charge < -0.3 is 10.4 Å². The van der Waals surface area contributed by atoms with Crippen molar-refractivity contribution >= 4 is 17.6 Å². The maximum atomic E-state index is 11.4. The summed E-state index contributed by atoms with van der Waals surface area (Å²) in [6.45, 7) is 1.85. The lowest BCUT2D eigenvalue weighted by atomic mass is 9.79. The number of carboxylic acids is 1. The number of hydrogen-bond acceptors (Lipinski definition) is 3. The van der Waals surface area contributed by atoms with Crippen LogP contribution in [-0.4, -0.2) is 33.4 Å². The molecule has 2 atom stereocenters. The van der Waals surface area contributed by atoms with Gasteiger partial charge in [0.25, 0.3) is 0 Å². The summed E-state index contributed by atoms with van der Waals surface area (Å²) in [6.07, 6.45) is 4.79. The maximum absolute atomic E-state index is 11.4. The van der Waals surface area contributed by atoms with E-state index in [-0.39, 0.29) is 6.04 Å². The molecule has 18 heavy (non-hydrogen) atoms. The molecule has 0 aromatic carbocycles. The van der Waals surface area contributed by atoms with E-state index in [2.05, 4.69) is 10.4 Å². The van der Waals surface area contributed by atoms with Crippen LogP contribution in [-0.2, 0) is 4.79 Å². The highest BCUT2D eigenvalue weighted by Crippen LogP contribution is 2.36. The minimum atomic E-state index is -0.838. The number of rotatable bonds is 3. The fourth-order valence-electron chi connectivity index (χ4n) is 2.65. The van der Waals surface area contributed by atoms with Gasteiger partial charge in [0.1, 0.15) is 5.54 Å². The molecule has 2 unspecified atom stereocenters. The number of hydrogen-bond donors (Lipinski definition) is 2. The number of carbonyl (C=O) groups is 1. The third-order valence-electron chi connectivity index (χ3n) is 3.84. The van der Waals surface area contributed by atoms with Crippen LogP contribution in [0.3, 0.4) is 0 Å². The van der Waals surface area contributed by atoms with Crippen LogP contribution >= 0.6 is 11.6 Å². The van der Waals surface area contributed by atoms with Crippen molar-refractivity contribution in [3.63, 3.8) is 0 Å². The van der Waals surface area contributed by atoms with E-state index >= 15 is 0 Å². The molecule has 1 fully saturated rings. The molecule has 5 nitrogen and oxygen atoms in total. The van der Waals surface area contributed by atoms with E-state index < -0.39 is 11.5 Å². The first-order valence-electron chi connectivity index (χ1n) is 6.12. The van der Waals surface area contributed by atoms with Gasteiger partial charge in [0.2, 0.25) is 0 Å². The van der Waals surface area contributed by atoms with Crippen LogP contribution in [0.1, 0.15) is 37.4 Å². The summed E-state index contributed by atoms with van der Waals surface area (Å²) in [7, 11) is 1.71. The molecule has 1 saturated carbocycles. The van der Waals surface area contributed by atoms with E-state index in [0.29, 0.717) is 17.9 Å². The lowest BCUT2D eigenvalue weighted by Crippen LogP contribution is -2.53. The second-order valence-corrected chi connectivity index (χ2v) is 5.34. The lowest BCUT2D eigenvalue weighted by Gasteiger charge is -2.37. The molecule has 2 rings (SSSR count). The van der Waals surface area contributed by atoms with Crippen molar-refractivity contribution in [2.75, 3.05) is 7.05 Å². The quantitative estimate of drug-likeness (QED) is 0.882. The van der Waals surface area contributed by atoms with Crippen LogP contribution in [0.15, 0.2) is 6.20 Å². The molecule has 1 aromatic heterocycles. The number of nitrogens with one attached hydrogen (secondary N) is 1. The summed E-state index contributed by atoms with van der Waals surface area (Å²) in [4.78, 5) is 11.4. The largest absolute Gasteiger partial charge is 0.480 e. The minimum absolute atomic E-state index is 0.0912. The van der Waals surface area contributed by atoms with Gasteiger partial charge in [0.15, 0.2) is 0 Å². The standard InChI is InChI=1S/C12H18ClN3O2/c1-8-10(13)7-16(15-8)9-4-3-5-12(6-9,14-2)11(17)18/h7,9,14H,3-6H2,1-2H3,(H,17,18). The molecule has 2 N–H and O–H groups in total. The van der Waals surface area contributed by atoms with E-state index in [1.165, 1.54) is 0 Å². The van der Waals surface area contributed by atoms with E-state index in [0.717, 1.165) is 18.5 Å². The zero-order chi connectivity index (χ0) is 13.3. The maximum Gasteiger partial charge on any atom is 0.323 e. The fourth-order valence-corrected chi connectivity index (χ4v) is 2.78. The Kier molecular flexibility index (Phi) is 3.64. The number of nitrogens with zero attached hydrogens (tertiary/aromatic N) is 2. The Morgan fingerprint density at radius 1 is 1.72 bits per heavy atom. The first kappa shape index (κ1) is 13.4. The topological polar surface area (TPSA) is 67.2 Å². The highest BCUT2D eigenvalue weighted by Gasteiger charge is 2.42. The molecule has 100 valence electrons. The van der Waals surface area contributed by atoms with Gasteiger partial charge in [-0.05, 0) is 39.7 Å². The molecule has 0 amide bonds. The Labute approximate surface area is 111 Å². The lowest BCUT2D eigenvalue weighted by molar-refractivity contribution is -0.146. The average molecular weight is 272 g/mol. The molecule has 0 spiro atoms. The molecule has 6 heteroatoms. The van der Waals surface area contributed by atoms with Gasteiger partial charge in [0, 0.05) is 6.20 Å². The third-order valence-corrected chi connectivity index (χ3v) is 4.21. The summed E-state index contributed by atoms with van der Waals surface area (Å²) in [5.74, 6) is -0.787. The van der Waals surface area contributed by atoms with Crippen molar-refractivity contribution in [2.24, 2.45) is 0 Å². The predicted molar refractivity (Wildman–Crippen MR) is 68.9 cm³/mol. The van der Waals surface area contributed by atoms with Crippen LogP contribution in [0.25, 0.3) is 0 Å². The molecule has 1 aromatic rings. The van der Waals surface area contributed by atoms with Gasteiger partial charge >= 0.3 is 5.97 Å². The summed E-state index contributed by atoms with van der Waals surface area (Å²) in [6, 6.07) is 0.0912. The summed E-state index contributed by atoms with van der Waals surface area (Å²) >= 11 is 6.00. The van der Waals surface area contributed by atoms with Gasteiger partial charge in [-0.15, -0.1) is 0 Å². The summed E-state index contributed by atoms with van der Waals surface area (Å²) in [5, 5.41) is 17.3. The van der Waals surface area contributed by atoms with Crippen LogP contribution in [0.5, 0.6) is 0 Å². The molecule has 0 saturated heterocycles. The van der Waals surface area contributed by atoms with Crippen molar-refractivity contribution in [1.29, 1.82) is 0 Å². The monoisotopic (exact) mass is 271 g/mol. The Hall–Kier alpha value is -1.07. The first-order valence-corrected chi connectivity index (χ1v) is 6.50. The van der Waals surface area contributed by atoms with Crippen molar-refractivity contribution < 1.29 is 9.90 Å². The smallest absolute Gasteiger partial charge is 0.323 e. The predicted octanol–water partition coefficient (Wildman–Crippen LogP) is 2.00. The molecule has 1 aliphatic carbocycles. The Balaban J connectivity index is 2.23. The molecular weight excluding hydrogens is 254 g/mol. The Morgan fingerprint density at radius 3 is 2.94 bits per heavy atom. The second-order valence-electron chi connectivity index (χ2n) is 4.93. The van der Waals surface area contributed by atoms with Gasteiger partial charge in [-0.2, -0.15) is 5.10 Å². The van der Waals surface area contributed by atoms with Crippen LogP contribution in [0.4, 0.5) is 0 Å². The highest BCUT2D eigenvalue weighted by molar-refractivity contribution is 6.31. The van der Waals surface area contributed by atoms with E-state index in [4.69, 9.17) is 11.6 Å². The SMILES string of the molecule is CNC1(C(=O)O)CCCC(n2cc(Cl)c(C)n2)C1. The van der Waals surface area contributed by atoms with Crippen molar-refractivity contribution in [3.8, 4) is 0 Å². The normalized spacial score (nSPS) is 28.3. The number of halogens is 1. The Morgan fingerprint density at radius 2 is 2.44 bits per heavy atom. The number of likely N-dealkylation sites (N-methyl/N-ethyl adjacent to an activating group) is 1. The first-order chi connectivity index (χ1) is 8.48. The molecule has 1 aliphatic rings. The molecular formula is C12H18ClN3O2. The number of aliphatic carboxylic acids is 1. The highest BCUT2D eigenvalue weighted by atomic mass is 35.5. The summed E-state index contributed by atoms with van der Waals surface area (Å²) < 4.78 is 1.81. The second kappa shape index (κ2) is 4.90. The van der Waals surface area contributed by atoms with Crippen molar-refractivity contribution in [3.05, 3.63) is 16.9 Å². The zero-order valence-electron chi connectivity index (χ0n) is 10.6. The van der Waals surface area contributed by atoms with Gasteiger partial charge in [0.05, 0.1) is 16.8 Å². The number of aryl methyl sites for hydroxylation is 1. The Bertz CT molecular complexity index is 441. The van der Waals surface area contributed by atoms with Gasteiger partial charge in [-0.25, -0.2) is 0 Å². The zero-order valence-corrected chi connectivity index (χ0v) is 11.4. The minimum Gasteiger partial charge on any atom is -0.480 e. The van der Waals surface area contributed by atoms with Crippen molar-refractivity contribution in [2.45, 2.75) is 44.2 Å². The average Bonchev–Trinajstić information content (AvgIpc) is 2.69. The van der Waals surface area contributed by atoms with Crippen LogP contribution in [0.2, 0.25) is 5.02 Å². The molecule has 0 radical (unpaired) electrons. The summed E-state index contributed by atoms with van der Waals surface area (Å²) in [5.41, 5.74) is -0.0532. The molecule has 0 bridgehead atoms. The molecule has 0 aliphatic heterocycles. The third kappa shape index (κ3) is 2.24. The van der Waals surface area contributed by atoms with E-state index in [9.17, 15) is 9.90 Å². The van der Waals surface area contributed by atoms with Gasteiger partial charge in [-0.3, -0.25) is 9.48 Å². The fraction of sp³-hybridized carbons (Fsp3) is 0.667. The van der Waals surface area contributed by atoms with E-state index in [1.54, 1.807) is 13.2 Å². The number of carboxylic acid groups (broad SMARTS) is 1. The van der Waals surface area contributed by atoms with Crippen molar-refractivity contribution in [1.82, 2.24) is 15.1 Å².